The molecule has 3 heterocycles. The second-order valence-electron chi connectivity index (χ2n) is 10.0. The molecule has 0 aliphatic carbocycles. The maximum Gasteiger partial charge on any atom is 0.321 e. The average molecular weight is 506 g/mol. The van der Waals surface area contributed by atoms with Crippen molar-refractivity contribution in [2.45, 2.75) is 37.6 Å². The number of ether oxygens (including phenoxy) is 1. The number of carbonyl (C=O) groups excluding carboxylic acids is 3. The monoisotopic (exact) mass is 505 g/mol. The molecule has 196 valence electrons. The van der Waals surface area contributed by atoms with Gasteiger partial charge in [-0.15, -0.1) is 0 Å². The van der Waals surface area contributed by atoms with E-state index in [0.717, 1.165) is 38.0 Å². The Balaban J connectivity index is 1.30. The number of nitrogens with one attached hydrogen (secondary N) is 1. The summed E-state index contributed by atoms with van der Waals surface area (Å²) in [5, 5.41) is 2.94. The van der Waals surface area contributed by atoms with Gasteiger partial charge in [0.15, 0.2) is 0 Å². The van der Waals surface area contributed by atoms with Crippen molar-refractivity contribution in [1.82, 2.24) is 14.7 Å². The van der Waals surface area contributed by atoms with Crippen molar-refractivity contribution in [1.29, 1.82) is 0 Å². The Kier molecular flexibility index (Phi) is 7.21. The zero-order chi connectivity index (χ0) is 25.8. The summed E-state index contributed by atoms with van der Waals surface area (Å²) in [7, 11) is 1.59. The van der Waals surface area contributed by atoms with E-state index < -0.39 is 5.54 Å². The summed E-state index contributed by atoms with van der Waals surface area (Å²) in [5.74, 6) is 0.674. The molecule has 9 nitrogen and oxygen atoms in total. The van der Waals surface area contributed by atoms with Crippen molar-refractivity contribution in [2.24, 2.45) is 0 Å². The van der Waals surface area contributed by atoms with Crippen molar-refractivity contribution < 1.29 is 19.1 Å². The van der Waals surface area contributed by atoms with Gasteiger partial charge in [-0.05, 0) is 56.4 Å². The fourth-order valence-electron chi connectivity index (χ4n) is 5.71. The molecule has 0 unspecified atom stereocenters. The summed E-state index contributed by atoms with van der Waals surface area (Å²) < 4.78 is 5.25. The predicted molar refractivity (Wildman–Crippen MR) is 141 cm³/mol. The minimum absolute atomic E-state index is 0.0189. The Bertz CT molecular complexity index is 1130. The SMILES string of the molecule is COc1cccc(NC(=O)N2CCC3(CC2)C(=O)N(CC(=O)N2CCCCC2)CN3c2ccccc2)c1. The second kappa shape index (κ2) is 10.7. The lowest BCUT2D eigenvalue weighted by atomic mass is 9.85. The minimum atomic E-state index is -0.768. The van der Waals surface area contributed by atoms with Gasteiger partial charge in [0.25, 0.3) is 5.91 Å². The number of methoxy groups -OCH3 is 1. The fourth-order valence-corrected chi connectivity index (χ4v) is 5.71. The van der Waals surface area contributed by atoms with Crippen LogP contribution in [0, 0.1) is 0 Å². The average Bonchev–Trinajstić information content (AvgIpc) is 3.20. The first-order valence-electron chi connectivity index (χ1n) is 13.1. The molecule has 3 fully saturated rings. The second-order valence-corrected chi connectivity index (χ2v) is 10.0. The number of anilines is 2. The molecule has 1 N–H and O–H groups in total. The van der Waals surface area contributed by atoms with Crippen LogP contribution >= 0.6 is 0 Å². The molecule has 3 aliphatic heterocycles. The first-order chi connectivity index (χ1) is 18.0. The molecule has 0 atom stereocenters. The van der Waals surface area contributed by atoms with Gasteiger partial charge in [0.2, 0.25) is 5.91 Å². The molecule has 0 bridgehead atoms. The molecule has 0 aromatic heterocycles. The molecule has 3 saturated heterocycles. The first-order valence-corrected chi connectivity index (χ1v) is 13.1. The molecule has 0 saturated carbocycles. The molecule has 0 radical (unpaired) electrons. The highest BCUT2D eigenvalue weighted by Crippen LogP contribution is 2.39. The zero-order valence-electron chi connectivity index (χ0n) is 21.4. The van der Waals surface area contributed by atoms with E-state index in [1.54, 1.807) is 23.0 Å². The summed E-state index contributed by atoms with van der Waals surface area (Å²) in [6.45, 7) is 2.90. The maximum atomic E-state index is 13.9. The van der Waals surface area contributed by atoms with Crippen LogP contribution in [0.15, 0.2) is 54.6 Å². The van der Waals surface area contributed by atoms with Gasteiger partial charge >= 0.3 is 6.03 Å². The summed E-state index contributed by atoms with van der Waals surface area (Å²) in [4.78, 5) is 47.4. The van der Waals surface area contributed by atoms with E-state index >= 15 is 0 Å². The van der Waals surface area contributed by atoms with E-state index in [1.807, 2.05) is 53.4 Å². The van der Waals surface area contributed by atoms with Crippen LogP contribution in [0.1, 0.15) is 32.1 Å². The van der Waals surface area contributed by atoms with Crippen molar-refractivity contribution in [3.8, 4) is 5.75 Å². The molecule has 2 aromatic rings. The Morgan fingerprint density at radius 2 is 1.65 bits per heavy atom. The molecule has 2 aromatic carbocycles. The molecule has 1 spiro atoms. The van der Waals surface area contributed by atoms with E-state index in [2.05, 4.69) is 10.2 Å². The zero-order valence-corrected chi connectivity index (χ0v) is 21.4. The van der Waals surface area contributed by atoms with Crippen LogP contribution in [0.25, 0.3) is 0 Å². The van der Waals surface area contributed by atoms with E-state index in [9.17, 15) is 14.4 Å². The Morgan fingerprint density at radius 3 is 2.35 bits per heavy atom. The van der Waals surface area contributed by atoms with Gasteiger partial charge in [0.05, 0.1) is 13.8 Å². The summed E-state index contributed by atoms with van der Waals surface area (Å²) >= 11 is 0. The van der Waals surface area contributed by atoms with Gasteiger partial charge in [0, 0.05) is 43.6 Å². The summed E-state index contributed by atoms with van der Waals surface area (Å²) in [5.41, 5.74) is 0.851. The van der Waals surface area contributed by atoms with Crippen LogP contribution in [0.2, 0.25) is 0 Å². The van der Waals surface area contributed by atoms with Crippen LogP contribution < -0.4 is 15.0 Å². The number of likely N-dealkylation sites (tertiary alicyclic amines) is 2. The van der Waals surface area contributed by atoms with E-state index in [4.69, 9.17) is 4.74 Å². The number of amides is 4. The molecule has 9 heteroatoms. The summed E-state index contributed by atoms with van der Waals surface area (Å²) in [6, 6.07) is 16.9. The first kappa shape index (κ1) is 24.9. The normalized spacial score (nSPS) is 19.3. The van der Waals surface area contributed by atoms with Crippen molar-refractivity contribution in [3.63, 3.8) is 0 Å². The van der Waals surface area contributed by atoms with Gasteiger partial charge in [-0.2, -0.15) is 0 Å². The smallest absolute Gasteiger partial charge is 0.321 e. The molecule has 37 heavy (non-hydrogen) atoms. The number of hydrogen-bond donors (Lipinski definition) is 1. The number of rotatable bonds is 5. The van der Waals surface area contributed by atoms with Crippen molar-refractivity contribution >= 4 is 29.2 Å². The largest absolute Gasteiger partial charge is 0.497 e. The van der Waals surface area contributed by atoms with Crippen LogP contribution in [-0.4, -0.2) is 84.6 Å². The number of para-hydroxylation sites is 1. The number of hydrogen-bond acceptors (Lipinski definition) is 5. The van der Waals surface area contributed by atoms with Crippen LogP contribution in [0.3, 0.4) is 0 Å². The number of carbonyl (C=O) groups is 3. The minimum Gasteiger partial charge on any atom is -0.497 e. The Labute approximate surface area is 217 Å². The van der Waals surface area contributed by atoms with E-state index in [0.29, 0.717) is 44.0 Å². The third kappa shape index (κ3) is 5.08. The third-order valence-electron chi connectivity index (χ3n) is 7.82. The van der Waals surface area contributed by atoms with Gasteiger partial charge in [-0.1, -0.05) is 24.3 Å². The lowest BCUT2D eigenvalue weighted by Gasteiger charge is -2.43. The number of benzene rings is 2. The van der Waals surface area contributed by atoms with Gasteiger partial charge < -0.3 is 29.7 Å². The van der Waals surface area contributed by atoms with Gasteiger partial charge in [0.1, 0.15) is 17.8 Å². The highest BCUT2D eigenvalue weighted by molar-refractivity contribution is 5.97. The summed E-state index contributed by atoms with van der Waals surface area (Å²) in [6.07, 6.45) is 4.20. The fraction of sp³-hybridized carbons (Fsp3) is 0.464. The highest BCUT2D eigenvalue weighted by atomic mass is 16.5. The third-order valence-corrected chi connectivity index (χ3v) is 7.82. The van der Waals surface area contributed by atoms with E-state index in [1.165, 1.54) is 0 Å². The van der Waals surface area contributed by atoms with Crippen LogP contribution in [-0.2, 0) is 9.59 Å². The van der Waals surface area contributed by atoms with Crippen molar-refractivity contribution in [2.75, 3.05) is 56.7 Å². The quantitative estimate of drug-likeness (QED) is 0.674. The molecular formula is C28H35N5O4. The van der Waals surface area contributed by atoms with Gasteiger partial charge in [-0.3, -0.25) is 9.59 Å². The van der Waals surface area contributed by atoms with Gasteiger partial charge in [-0.25, -0.2) is 4.79 Å². The van der Waals surface area contributed by atoms with Crippen molar-refractivity contribution in [3.05, 3.63) is 54.6 Å². The van der Waals surface area contributed by atoms with Crippen LogP contribution in [0.4, 0.5) is 16.2 Å². The molecule has 4 amide bonds. The predicted octanol–water partition coefficient (Wildman–Crippen LogP) is 3.38. The molecule has 5 rings (SSSR count). The lowest BCUT2D eigenvalue weighted by Crippen LogP contribution is -2.58. The Morgan fingerprint density at radius 1 is 0.919 bits per heavy atom. The number of urea groups is 1. The van der Waals surface area contributed by atoms with Crippen LogP contribution in [0.5, 0.6) is 5.75 Å². The number of nitrogens with zero attached hydrogens (tertiary/aromatic N) is 4. The lowest BCUT2D eigenvalue weighted by molar-refractivity contribution is -0.141. The Hall–Kier alpha value is -3.75. The highest BCUT2D eigenvalue weighted by Gasteiger charge is 2.54. The number of piperidine rings is 2. The maximum absolute atomic E-state index is 13.9. The topological polar surface area (TPSA) is 85.4 Å². The van der Waals surface area contributed by atoms with E-state index in [-0.39, 0.29) is 24.4 Å². The standard InChI is InChI=1S/C28H35N5O4/c1-37-24-12-8-9-22(19-24)29-27(36)31-17-13-28(14-18-31)26(35)32(20-25(34)30-15-6-3-7-16-30)21-33(28)23-10-4-2-5-11-23/h2,4-5,8-12,19H,3,6-7,13-18,20-21H2,1H3,(H,29,36). The molecular weight excluding hydrogens is 470 g/mol. The molecule has 3 aliphatic rings.